The number of nitrogens with zero attached hydrogens (tertiary/aromatic N) is 1. The molecule has 43 heavy (non-hydrogen) atoms. The van der Waals surface area contributed by atoms with Gasteiger partial charge in [0, 0.05) is 22.2 Å². The molecular weight excluding hydrogens is 544 g/mol. The molecule has 224 valence electrons. The van der Waals surface area contributed by atoms with E-state index in [2.05, 4.69) is 57.3 Å². The van der Waals surface area contributed by atoms with Crippen LogP contribution >= 0.6 is 0 Å². The summed E-state index contributed by atoms with van der Waals surface area (Å²) in [5.41, 5.74) is 5.42. The number of carbonyl (C=O) groups excluding carboxylic acids is 2. The smallest absolute Gasteiger partial charge is 0.340 e. The van der Waals surface area contributed by atoms with E-state index in [9.17, 15) is 9.59 Å². The van der Waals surface area contributed by atoms with Gasteiger partial charge in [-0.15, -0.1) is 0 Å². The summed E-state index contributed by atoms with van der Waals surface area (Å²) in [4.78, 5) is 43.4. The van der Waals surface area contributed by atoms with E-state index in [4.69, 9.17) is 14.6 Å². The van der Waals surface area contributed by atoms with Crippen molar-refractivity contribution in [3.05, 3.63) is 83.9 Å². The Morgan fingerprint density at radius 2 is 1.79 bits per heavy atom. The normalized spacial score (nSPS) is 12.7. The SMILES string of the molecule is CCCC[C@](NC(=O)Cc1c(C)[nH]c2ccc(OC)cc12)(NC(=O)NOCC)c1ncc(-c2ccc3ccccc3c2)[nH]1. The lowest BCUT2D eigenvalue weighted by Crippen LogP contribution is -2.60. The van der Waals surface area contributed by atoms with Crippen molar-refractivity contribution in [2.24, 2.45) is 0 Å². The first-order chi connectivity index (χ1) is 20.9. The van der Waals surface area contributed by atoms with Crippen molar-refractivity contribution in [1.82, 2.24) is 31.1 Å². The third-order valence-corrected chi connectivity index (χ3v) is 7.60. The third kappa shape index (κ3) is 6.49. The summed E-state index contributed by atoms with van der Waals surface area (Å²) < 4.78 is 5.42. The summed E-state index contributed by atoms with van der Waals surface area (Å²) in [7, 11) is 1.61. The topological polar surface area (TPSA) is 133 Å². The van der Waals surface area contributed by atoms with Gasteiger partial charge in [-0.3, -0.25) is 9.63 Å². The first-order valence-corrected chi connectivity index (χ1v) is 14.6. The van der Waals surface area contributed by atoms with Crippen LogP contribution in [-0.4, -0.2) is 40.6 Å². The van der Waals surface area contributed by atoms with Crippen LogP contribution in [0.1, 0.15) is 50.2 Å². The Kier molecular flexibility index (Phi) is 8.96. The number of aryl methyl sites for hydroxylation is 1. The lowest BCUT2D eigenvalue weighted by Gasteiger charge is -2.34. The Labute approximate surface area is 250 Å². The van der Waals surface area contributed by atoms with E-state index in [0.717, 1.165) is 50.6 Å². The van der Waals surface area contributed by atoms with Gasteiger partial charge in [0.25, 0.3) is 0 Å². The number of aromatic amines is 2. The number of urea groups is 1. The molecule has 2 aromatic heterocycles. The molecule has 5 aromatic rings. The fraction of sp³-hybridized carbons (Fsp3) is 0.303. The minimum Gasteiger partial charge on any atom is -0.497 e. The number of hydroxylamine groups is 1. The summed E-state index contributed by atoms with van der Waals surface area (Å²) in [6.07, 6.45) is 3.76. The number of aromatic nitrogens is 3. The minimum absolute atomic E-state index is 0.0832. The average molecular weight is 583 g/mol. The molecule has 0 bridgehead atoms. The van der Waals surface area contributed by atoms with E-state index in [1.54, 1.807) is 20.2 Å². The zero-order valence-corrected chi connectivity index (χ0v) is 25.0. The minimum atomic E-state index is -1.33. The Hall–Kier alpha value is -4.83. The molecule has 0 fully saturated rings. The number of imidazole rings is 1. The molecule has 0 saturated carbocycles. The highest BCUT2D eigenvalue weighted by Crippen LogP contribution is 2.30. The second kappa shape index (κ2) is 13.0. The number of fused-ring (bicyclic) bond motifs is 2. The lowest BCUT2D eigenvalue weighted by atomic mass is 9.99. The number of hydrogen-bond donors (Lipinski definition) is 5. The van der Waals surface area contributed by atoms with Crippen molar-refractivity contribution < 1.29 is 19.2 Å². The maximum absolute atomic E-state index is 13.8. The lowest BCUT2D eigenvalue weighted by molar-refractivity contribution is -0.123. The number of amides is 3. The molecule has 0 unspecified atom stereocenters. The van der Waals surface area contributed by atoms with E-state index in [0.29, 0.717) is 24.4 Å². The van der Waals surface area contributed by atoms with Crippen LogP contribution in [0.15, 0.2) is 66.9 Å². The third-order valence-electron chi connectivity index (χ3n) is 7.60. The number of hydrogen-bond acceptors (Lipinski definition) is 5. The molecule has 10 nitrogen and oxygen atoms in total. The molecule has 1 atom stereocenters. The molecule has 0 saturated heterocycles. The molecule has 0 aliphatic heterocycles. The summed E-state index contributed by atoms with van der Waals surface area (Å²) >= 11 is 0. The predicted octanol–water partition coefficient (Wildman–Crippen LogP) is 5.98. The van der Waals surface area contributed by atoms with Gasteiger partial charge in [0.15, 0.2) is 11.5 Å². The van der Waals surface area contributed by atoms with Crippen molar-refractivity contribution >= 4 is 33.6 Å². The molecule has 10 heteroatoms. The number of benzene rings is 3. The number of methoxy groups -OCH3 is 1. The van der Waals surface area contributed by atoms with Crippen LogP contribution in [0.5, 0.6) is 5.75 Å². The van der Waals surface area contributed by atoms with Crippen LogP contribution in [0, 0.1) is 6.92 Å². The van der Waals surface area contributed by atoms with E-state index in [-0.39, 0.29) is 18.9 Å². The first-order valence-electron chi connectivity index (χ1n) is 14.6. The molecule has 3 aromatic carbocycles. The summed E-state index contributed by atoms with van der Waals surface area (Å²) in [6, 6.07) is 19.4. The summed E-state index contributed by atoms with van der Waals surface area (Å²) in [5.74, 6) is 0.848. The van der Waals surface area contributed by atoms with Crippen LogP contribution in [0.2, 0.25) is 0 Å². The van der Waals surface area contributed by atoms with Crippen LogP contribution in [0.25, 0.3) is 32.9 Å². The Morgan fingerprint density at radius 1 is 0.977 bits per heavy atom. The molecule has 0 spiro atoms. The van der Waals surface area contributed by atoms with Gasteiger partial charge >= 0.3 is 6.03 Å². The molecule has 2 heterocycles. The number of unbranched alkanes of at least 4 members (excludes halogenated alkanes) is 1. The van der Waals surface area contributed by atoms with Gasteiger partial charge in [0.2, 0.25) is 5.91 Å². The second-order valence-corrected chi connectivity index (χ2v) is 10.6. The standard InChI is InChI=1S/C33H38N6O4/c1-5-7-16-33(38-32(41)39-43-6-2,31-34-20-29(36-31)24-13-12-22-10-8-9-11-23(22)17-24)37-30(40)19-26-21(3)35-28-15-14-25(42-4)18-27(26)28/h8-15,17-18,20,35H,5-7,16,19H2,1-4H3,(H,34,36)(H,37,40)(H2,38,39,41)/t33-/m0/s1. The molecule has 0 radical (unpaired) electrons. The largest absolute Gasteiger partial charge is 0.497 e. The van der Waals surface area contributed by atoms with Gasteiger partial charge in [-0.05, 0) is 67.3 Å². The Bertz CT molecular complexity index is 1740. The predicted molar refractivity (Wildman–Crippen MR) is 167 cm³/mol. The molecule has 5 rings (SSSR count). The van der Waals surface area contributed by atoms with Crippen molar-refractivity contribution in [2.75, 3.05) is 13.7 Å². The zero-order chi connectivity index (χ0) is 30.4. The second-order valence-electron chi connectivity index (χ2n) is 10.6. The van der Waals surface area contributed by atoms with Gasteiger partial charge in [0.1, 0.15) is 5.75 Å². The van der Waals surface area contributed by atoms with Crippen molar-refractivity contribution in [3.63, 3.8) is 0 Å². The van der Waals surface area contributed by atoms with Gasteiger partial charge in [0.05, 0.1) is 32.0 Å². The Balaban J connectivity index is 1.51. The highest BCUT2D eigenvalue weighted by Gasteiger charge is 2.38. The number of ether oxygens (including phenoxy) is 1. The first kappa shape index (κ1) is 29.7. The molecule has 3 amide bonds. The average Bonchev–Trinajstić information content (AvgIpc) is 3.63. The van der Waals surface area contributed by atoms with Crippen LogP contribution < -0.4 is 20.9 Å². The molecular formula is C33H38N6O4. The van der Waals surface area contributed by atoms with Gasteiger partial charge < -0.3 is 25.3 Å². The van der Waals surface area contributed by atoms with Crippen molar-refractivity contribution in [2.45, 2.75) is 52.1 Å². The van der Waals surface area contributed by atoms with Crippen LogP contribution in [0.4, 0.5) is 4.79 Å². The zero-order valence-electron chi connectivity index (χ0n) is 25.0. The van der Waals surface area contributed by atoms with E-state index < -0.39 is 11.7 Å². The monoisotopic (exact) mass is 582 g/mol. The fourth-order valence-corrected chi connectivity index (χ4v) is 5.39. The van der Waals surface area contributed by atoms with E-state index >= 15 is 0 Å². The van der Waals surface area contributed by atoms with E-state index in [1.807, 2.05) is 43.3 Å². The molecule has 0 aliphatic rings. The Morgan fingerprint density at radius 3 is 2.56 bits per heavy atom. The van der Waals surface area contributed by atoms with E-state index in [1.165, 1.54) is 0 Å². The molecule has 0 aliphatic carbocycles. The number of nitrogens with one attached hydrogen (secondary N) is 5. The van der Waals surface area contributed by atoms with Gasteiger partial charge in [-0.1, -0.05) is 49.7 Å². The van der Waals surface area contributed by atoms with Crippen molar-refractivity contribution in [1.29, 1.82) is 0 Å². The maximum Gasteiger partial charge on any atom is 0.340 e. The highest BCUT2D eigenvalue weighted by atomic mass is 16.7. The number of rotatable bonds is 12. The van der Waals surface area contributed by atoms with Gasteiger partial charge in [-0.25, -0.2) is 15.3 Å². The fourth-order valence-electron chi connectivity index (χ4n) is 5.39. The maximum atomic E-state index is 13.8. The summed E-state index contributed by atoms with van der Waals surface area (Å²) in [6.45, 7) is 6.05. The quantitative estimate of drug-likeness (QED) is 0.0912. The number of H-pyrrole nitrogens is 2. The highest BCUT2D eigenvalue weighted by molar-refractivity contribution is 5.91. The van der Waals surface area contributed by atoms with Crippen LogP contribution in [-0.2, 0) is 21.7 Å². The van der Waals surface area contributed by atoms with Gasteiger partial charge in [-0.2, -0.15) is 0 Å². The van der Waals surface area contributed by atoms with Crippen LogP contribution in [0.3, 0.4) is 0 Å². The summed E-state index contributed by atoms with van der Waals surface area (Å²) in [5, 5.41) is 9.24. The van der Waals surface area contributed by atoms with Crippen molar-refractivity contribution in [3.8, 4) is 17.0 Å². The number of carbonyl (C=O) groups is 2. The molecule has 5 N–H and O–H groups in total.